The van der Waals surface area contributed by atoms with Gasteiger partial charge in [-0.25, -0.2) is 0 Å². The maximum absolute atomic E-state index is 9.68. The van der Waals surface area contributed by atoms with Crippen molar-refractivity contribution < 1.29 is 4.42 Å². The minimum atomic E-state index is -0.482. The minimum absolute atomic E-state index is 0.0487. The smallest absolute Gasteiger partial charge is 0.143 e. The summed E-state index contributed by atoms with van der Waals surface area (Å²) in [7, 11) is 0. The number of nitrogens with zero attached hydrogens (tertiary/aromatic N) is 1. The van der Waals surface area contributed by atoms with E-state index in [-0.39, 0.29) is 5.92 Å². The van der Waals surface area contributed by atoms with Crippen LogP contribution in [0.1, 0.15) is 85.0 Å². The molecule has 0 aliphatic heterocycles. The molecule has 1 heterocycles. The van der Waals surface area contributed by atoms with Gasteiger partial charge in [0.05, 0.1) is 16.8 Å². The second-order valence-electron chi connectivity index (χ2n) is 18.1. The number of nitrogens with one attached hydrogen (secondary N) is 1. The zero-order valence-corrected chi connectivity index (χ0v) is 41.3. The zero-order valence-electron chi connectivity index (χ0n) is 41.3. The van der Waals surface area contributed by atoms with Crippen molar-refractivity contribution in [3.8, 4) is 11.1 Å². The number of hydrogen-bond acceptors (Lipinski definition) is 3. The number of allylic oxidation sites excluding steroid dienone is 9. The molecule has 0 fully saturated rings. The Kier molecular flexibility index (Phi) is 15.0. The molecule has 7 aromatic carbocycles. The first kappa shape index (κ1) is 47.9. The van der Waals surface area contributed by atoms with Gasteiger partial charge in [0.2, 0.25) is 0 Å². The lowest BCUT2D eigenvalue weighted by Crippen LogP contribution is -2.36. The maximum atomic E-state index is 9.68. The van der Waals surface area contributed by atoms with Crippen LogP contribution in [-0.4, -0.2) is 12.4 Å². The maximum Gasteiger partial charge on any atom is 0.143 e. The summed E-state index contributed by atoms with van der Waals surface area (Å²) < 4.78 is 6.55. The van der Waals surface area contributed by atoms with Crippen molar-refractivity contribution in [2.75, 3.05) is 0 Å². The van der Waals surface area contributed by atoms with Gasteiger partial charge < -0.3 is 9.83 Å². The average Bonchev–Trinajstić information content (AvgIpc) is 3.92. The Balaban J connectivity index is 0.000000320. The van der Waals surface area contributed by atoms with Crippen LogP contribution >= 0.6 is 0 Å². The lowest BCUT2D eigenvalue weighted by molar-refractivity contribution is 0.479. The molecule has 2 unspecified atom stereocenters. The molecule has 0 saturated carbocycles. The van der Waals surface area contributed by atoms with Crippen molar-refractivity contribution >= 4 is 45.6 Å². The first-order valence-corrected chi connectivity index (χ1v) is 24.5. The molecule has 3 nitrogen and oxygen atoms in total. The molecule has 0 bridgehead atoms. The van der Waals surface area contributed by atoms with E-state index in [1.807, 2.05) is 80.6 Å². The molecule has 1 aromatic heterocycles. The van der Waals surface area contributed by atoms with Gasteiger partial charge in [-0.15, -0.1) is 0 Å². The van der Waals surface area contributed by atoms with Gasteiger partial charge >= 0.3 is 0 Å². The number of benzene rings is 7. The van der Waals surface area contributed by atoms with Gasteiger partial charge in [-0.05, 0) is 116 Å². The number of hydrogen-bond donors (Lipinski definition) is 1. The summed E-state index contributed by atoms with van der Waals surface area (Å²) in [4.78, 5) is 4.38. The van der Waals surface area contributed by atoms with Gasteiger partial charge in [0.15, 0.2) is 0 Å². The number of aliphatic imine (C=N–C) groups is 1. The highest BCUT2D eigenvalue weighted by Gasteiger charge is 2.54. The highest BCUT2D eigenvalue weighted by molar-refractivity contribution is 6.18. The number of aryl methyl sites for hydroxylation is 3. The summed E-state index contributed by atoms with van der Waals surface area (Å²) in [6.07, 6.45) is 14.9. The summed E-state index contributed by atoms with van der Waals surface area (Å²) in [6, 6.07) is 59.7. The third-order valence-electron chi connectivity index (χ3n) is 13.9. The van der Waals surface area contributed by atoms with Crippen LogP contribution in [0.15, 0.2) is 227 Å². The van der Waals surface area contributed by atoms with Gasteiger partial charge in [0, 0.05) is 33.4 Å². The van der Waals surface area contributed by atoms with Crippen LogP contribution in [0.25, 0.3) is 44.3 Å². The van der Waals surface area contributed by atoms with E-state index in [1.54, 1.807) is 0 Å². The molecule has 0 amide bonds. The molecular weight excluding hydrogens is 837 g/mol. The van der Waals surface area contributed by atoms with Gasteiger partial charge in [-0.1, -0.05) is 220 Å². The Morgan fingerprint density at radius 2 is 1.28 bits per heavy atom. The van der Waals surface area contributed by atoms with Crippen molar-refractivity contribution in [1.82, 2.24) is 0 Å². The van der Waals surface area contributed by atoms with Gasteiger partial charge in [-0.3, -0.25) is 4.99 Å². The topological polar surface area (TPSA) is 49.4 Å². The Labute approximate surface area is 410 Å². The molecule has 1 N–H and O–H groups in total. The standard InChI is InChI=1S/C49H38N2O.C8H12.C7H8.C2H6/c1-31-15-7-10-23-40(31)49(41-24-11-8-16-32(41)2)42-28-27-34(35-20-13-21-37-36-19-9-12-26-46(36)52-48(35)37)29-39(42)47-38(22-14-25-43(47)49)44(50)30-45(51-3)33-17-5-4-6-18-33;1-7-5-3-4-6-8(7)2;1-7-5-3-2-4-6-7;1-2/h4-24,26-30,43,50H,3,25H2,1-2H3;3-5,8H,6H2,1-2H3;2-6H,1H3;1-2H3/b45-30-,50-44?;;;. The highest BCUT2D eigenvalue weighted by atomic mass is 16.3. The van der Waals surface area contributed by atoms with Crippen LogP contribution in [-0.2, 0) is 5.41 Å². The molecule has 3 heteroatoms. The van der Waals surface area contributed by atoms with Gasteiger partial charge in [0.1, 0.15) is 11.2 Å². The summed E-state index contributed by atoms with van der Waals surface area (Å²) in [5, 5.41) is 11.9. The van der Waals surface area contributed by atoms with E-state index in [1.165, 1.54) is 56.5 Å². The third kappa shape index (κ3) is 9.47. The lowest BCUT2D eigenvalue weighted by atomic mass is 9.61. The second kappa shape index (κ2) is 21.6. The predicted octanol–water partition coefficient (Wildman–Crippen LogP) is 17.9. The Hall–Kier alpha value is -7.62. The average molecular weight is 901 g/mol. The largest absolute Gasteiger partial charge is 0.455 e. The van der Waals surface area contributed by atoms with E-state index in [0.717, 1.165) is 56.5 Å². The predicted molar refractivity (Wildman–Crippen MR) is 296 cm³/mol. The molecule has 69 heavy (non-hydrogen) atoms. The van der Waals surface area contributed by atoms with E-state index in [4.69, 9.17) is 4.42 Å². The molecule has 0 radical (unpaired) electrons. The quantitative estimate of drug-likeness (QED) is 0.159. The molecule has 11 rings (SSSR count). The molecule has 3 aliphatic carbocycles. The fourth-order valence-corrected chi connectivity index (χ4v) is 10.4. The van der Waals surface area contributed by atoms with Crippen LogP contribution in [0.4, 0.5) is 0 Å². The van der Waals surface area contributed by atoms with E-state index < -0.39 is 5.41 Å². The van der Waals surface area contributed by atoms with Crippen LogP contribution in [0, 0.1) is 38.0 Å². The van der Waals surface area contributed by atoms with Crippen molar-refractivity contribution in [2.45, 2.75) is 66.7 Å². The monoisotopic (exact) mass is 901 g/mol. The van der Waals surface area contributed by atoms with Crippen molar-refractivity contribution in [1.29, 1.82) is 5.41 Å². The Morgan fingerprint density at radius 1 is 0.652 bits per heavy atom. The molecule has 0 saturated heterocycles. The lowest BCUT2D eigenvalue weighted by Gasteiger charge is -2.41. The summed E-state index contributed by atoms with van der Waals surface area (Å²) in [5.41, 5.74) is 18.0. The normalized spacial score (nSPS) is 16.4. The van der Waals surface area contributed by atoms with Gasteiger partial charge in [0.25, 0.3) is 0 Å². The zero-order chi connectivity index (χ0) is 48.5. The van der Waals surface area contributed by atoms with Crippen LogP contribution in [0.5, 0.6) is 0 Å². The summed E-state index contributed by atoms with van der Waals surface area (Å²) in [5.74, 6) is 0.826. The molecule has 8 aromatic rings. The van der Waals surface area contributed by atoms with Crippen molar-refractivity contribution in [3.63, 3.8) is 0 Å². The van der Waals surface area contributed by atoms with Crippen molar-refractivity contribution in [3.05, 3.63) is 262 Å². The van der Waals surface area contributed by atoms with Crippen LogP contribution < -0.4 is 0 Å². The molecular formula is C66H64N2O. The summed E-state index contributed by atoms with van der Waals surface area (Å²) in [6.45, 7) is 18.9. The van der Waals surface area contributed by atoms with Crippen LogP contribution in [0.3, 0.4) is 0 Å². The second-order valence-corrected chi connectivity index (χ2v) is 18.1. The Bertz CT molecular complexity index is 3240. The SMILES string of the molecule is C=N/C(=C\C(=N)C1=C2c3cc(-c4cccc5c4oc4ccccc45)ccc3C(c3ccccc3C)(c3ccccc3C)C2CC=C1)c1ccccc1.CC.CC1=CC=CCC1C.Cc1ccccc1. The number of fused-ring (bicyclic) bond motifs is 6. The summed E-state index contributed by atoms with van der Waals surface area (Å²) >= 11 is 0. The molecule has 0 spiro atoms. The number of rotatable bonds is 7. The fourth-order valence-electron chi connectivity index (χ4n) is 10.4. The number of para-hydroxylation sites is 2. The molecule has 3 aliphatic rings. The minimum Gasteiger partial charge on any atom is -0.455 e. The third-order valence-corrected chi connectivity index (χ3v) is 13.9. The first-order valence-electron chi connectivity index (χ1n) is 24.5. The molecule has 2 atom stereocenters. The van der Waals surface area contributed by atoms with Crippen LogP contribution in [0.2, 0.25) is 0 Å². The van der Waals surface area contributed by atoms with E-state index in [0.29, 0.717) is 11.4 Å². The van der Waals surface area contributed by atoms with E-state index in [9.17, 15) is 5.41 Å². The van der Waals surface area contributed by atoms with E-state index >= 15 is 0 Å². The fraction of sp³-hybridized carbons (Fsp3) is 0.182. The molecule has 344 valence electrons. The van der Waals surface area contributed by atoms with E-state index in [2.05, 4.69) is 186 Å². The Morgan fingerprint density at radius 3 is 1.88 bits per heavy atom. The van der Waals surface area contributed by atoms with Crippen molar-refractivity contribution in [2.24, 2.45) is 16.8 Å². The number of furan rings is 1. The highest BCUT2D eigenvalue weighted by Crippen LogP contribution is 2.62. The van der Waals surface area contributed by atoms with Gasteiger partial charge in [-0.2, -0.15) is 0 Å². The first-order chi connectivity index (χ1) is 33.7.